The van der Waals surface area contributed by atoms with Gasteiger partial charge in [0.05, 0.1) is 10.5 Å². The molecule has 0 aliphatic rings. The Bertz CT molecular complexity index is 800. The molecule has 2 aromatic carbocycles. The van der Waals surface area contributed by atoms with Gasteiger partial charge in [0.25, 0.3) is 5.91 Å². The molecule has 0 atom stereocenters. The monoisotopic (exact) mass is 307 g/mol. The number of hydrogen-bond acceptors (Lipinski definition) is 3. The number of nitrogens with one attached hydrogen (secondary N) is 1. The molecule has 0 aromatic heterocycles. The second-order valence-electron chi connectivity index (χ2n) is 4.74. The lowest BCUT2D eigenvalue weighted by Crippen LogP contribution is -2.14. The molecule has 4 nitrogen and oxygen atoms in total. The van der Waals surface area contributed by atoms with Crippen LogP contribution < -0.4 is 5.32 Å². The molecule has 0 aliphatic heterocycles. The summed E-state index contributed by atoms with van der Waals surface area (Å²) >= 11 is 0. The van der Waals surface area contributed by atoms with Crippen molar-refractivity contribution in [1.29, 1.82) is 0 Å². The van der Waals surface area contributed by atoms with Gasteiger partial charge in [-0.05, 0) is 42.8 Å². The molecule has 110 valence electrons. The molecule has 0 saturated carbocycles. The highest BCUT2D eigenvalue weighted by molar-refractivity contribution is 7.90. The van der Waals surface area contributed by atoms with E-state index in [0.29, 0.717) is 11.3 Å². The zero-order chi connectivity index (χ0) is 15.6. The summed E-state index contributed by atoms with van der Waals surface area (Å²) in [5.74, 6) is -1.25. The third-order valence-electron chi connectivity index (χ3n) is 2.89. The van der Waals surface area contributed by atoms with Crippen LogP contribution in [-0.2, 0) is 9.84 Å². The average molecular weight is 307 g/mol. The van der Waals surface area contributed by atoms with Crippen LogP contribution >= 0.6 is 0 Å². The Balaban J connectivity index is 2.28. The molecule has 2 rings (SSSR count). The van der Waals surface area contributed by atoms with Crippen molar-refractivity contribution >= 4 is 21.4 Å². The normalized spacial score (nSPS) is 11.2. The van der Waals surface area contributed by atoms with Crippen molar-refractivity contribution in [3.63, 3.8) is 0 Å². The molecule has 1 N–H and O–H groups in total. The topological polar surface area (TPSA) is 63.2 Å². The average Bonchev–Trinajstić information content (AvgIpc) is 2.37. The minimum absolute atomic E-state index is 0.0877. The molecule has 0 spiro atoms. The van der Waals surface area contributed by atoms with Crippen molar-refractivity contribution in [2.75, 3.05) is 11.6 Å². The first kappa shape index (κ1) is 15.2. The van der Waals surface area contributed by atoms with Crippen molar-refractivity contribution in [2.24, 2.45) is 0 Å². The summed E-state index contributed by atoms with van der Waals surface area (Å²) in [6.45, 7) is 1.72. The van der Waals surface area contributed by atoms with E-state index >= 15 is 0 Å². The van der Waals surface area contributed by atoms with Crippen LogP contribution in [0, 0.1) is 12.7 Å². The molecule has 0 heterocycles. The zero-order valence-corrected chi connectivity index (χ0v) is 12.4. The first-order valence-corrected chi connectivity index (χ1v) is 8.04. The van der Waals surface area contributed by atoms with Crippen molar-refractivity contribution in [2.45, 2.75) is 11.8 Å². The van der Waals surface area contributed by atoms with E-state index in [1.165, 1.54) is 30.3 Å². The summed E-state index contributed by atoms with van der Waals surface area (Å²) in [4.78, 5) is 12.1. The van der Waals surface area contributed by atoms with Crippen LogP contribution in [0.1, 0.15) is 15.9 Å². The van der Waals surface area contributed by atoms with Gasteiger partial charge in [0.2, 0.25) is 0 Å². The van der Waals surface area contributed by atoms with Crippen LogP contribution in [0.25, 0.3) is 0 Å². The van der Waals surface area contributed by atoms with E-state index in [9.17, 15) is 17.6 Å². The number of hydrogen-bond donors (Lipinski definition) is 1. The molecule has 2 aromatic rings. The number of anilines is 1. The maximum atomic E-state index is 13.7. The molecular weight excluding hydrogens is 293 g/mol. The number of amides is 1. The molecule has 0 fully saturated rings. The second kappa shape index (κ2) is 5.65. The summed E-state index contributed by atoms with van der Waals surface area (Å²) in [6, 6.07) is 10.1. The van der Waals surface area contributed by atoms with E-state index in [0.717, 1.165) is 6.26 Å². The SMILES string of the molecule is Cc1ccc(C(=O)Nc2cccc(S(C)(=O)=O)c2)c(F)c1. The third-order valence-corrected chi connectivity index (χ3v) is 4.00. The fraction of sp³-hybridized carbons (Fsp3) is 0.133. The van der Waals surface area contributed by atoms with Crippen molar-refractivity contribution < 1.29 is 17.6 Å². The van der Waals surface area contributed by atoms with E-state index in [2.05, 4.69) is 5.32 Å². The lowest BCUT2D eigenvalue weighted by atomic mass is 10.1. The predicted octanol–water partition coefficient (Wildman–Crippen LogP) is 2.79. The van der Waals surface area contributed by atoms with E-state index in [-0.39, 0.29) is 10.5 Å². The molecule has 0 aliphatic carbocycles. The molecule has 1 amide bonds. The van der Waals surface area contributed by atoms with Crippen LogP contribution in [-0.4, -0.2) is 20.6 Å². The van der Waals surface area contributed by atoms with Crippen LogP contribution in [0.15, 0.2) is 47.4 Å². The van der Waals surface area contributed by atoms with Gasteiger partial charge in [-0.2, -0.15) is 0 Å². The van der Waals surface area contributed by atoms with Gasteiger partial charge in [-0.15, -0.1) is 0 Å². The lowest BCUT2D eigenvalue weighted by molar-refractivity contribution is 0.102. The highest BCUT2D eigenvalue weighted by Crippen LogP contribution is 2.17. The number of rotatable bonds is 3. The summed E-state index contributed by atoms with van der Waals surface area (Å²) in [6.07, 6.45) is 1.08. The maximum Gasteiger partial charge on any atom is 0.258 e. The highest BCUT2D eigenvalue weighted by atomic mass is 32.2. The van der Waals surface area contributed by atoms with Crippen LogP contribution in [0.5, 0.6) is 0 Å². The van der Waals surface area contributed by atoms with Gasteiger partial charge in [-0.3, -0.25) is 4.79 Å². The van der Waals surface area contributed by atoms with Crippen LogP contribution in [0.2, 0.25) is 0 Å². The number of carbonyl (C=O) groups is 1. The first-order valence-electron chi connectivity index (χ1n) is 6.15. The number of benzene rings is 2. The van der Waals surface area contributed by atoms with E-state index in [1.807, 2.05) is 0 Å². The van der Waals surface area contributed by atoms with E-state index in [1.54, 1.807) is 19.1 Å². The van der Waals surface area contributed by atoms with Gasteiger partial charge in [-0.25, -0.2) is 12.8 Å². The number of carbonyl (C=O) groups excluding carboxylic acids is 1. The second-order valence-corrected chi connectivity index (χ2v) is 6.75. The number of sulfone groups is 1. The fourth-order valence-corrected chi connectivity index (χ4v) is 2.47. The molecular formula is C15H14FNO3S. The summed E-state index contributed by atoms with van der Waals surface area (Å²) in [5, 5.41) is 2.49. The fourth-order valence-electron chi connectivity index (χ4n) is 1.81. The van der Waals surface area contributed by atoms with Gasteiger partial charge >= 0.3 is 0 Å². The van der Waals surface area contributed by atoms with Crippen molar-refractivity contribution in [1.82, 2.24) is 0 Å². The Morgan fingerprint density at radius 2 is 1.86 bits per heavy atom. The number of aryl methyl sites for hydroxylation is 1. The Kier molecular flexibility index (Phi) is 4.09. The summed E-state index contributed by atoms with van der Waals surface area (Å²) in [5.41, 5.74) is 0.913. The minimum atomic E-state index is -3.36. The maximum absolute atomic E-state index is 13.7. The Hall–Kier alpha value is -2.21. The smallest absolute Gasteiger partial charge is 0.258 e. The Morgan fingerprint density at radius 1 is 1.14 bits per heavy atom. The zero-order valence-electron chi connectivity index (χ0n) is 11.6. The van der Waals surface area contributed by atoms with E-state index in [4.69, 9.17) is 0 Å². The van der Waals surface area contributed by atoms with Gasteiger partial charge in [0, 0.05) is 11.9 Å². The molecule has 6 heteroatoms. The quantitative estimate of drug-likeness (QED) is 0.948. The summed E-state index contributed by atoms with van der Waals surface area (Å²) < 4.78 is 36.6. The van der Waals surface area contributed by atoms with Crippen LogP contribution in [0.4, 0.5) is 10.1 Å². The molecule has 0 bridgehead atoms. The Morgan fingerprint density at radius 3 is 2.48 bits per heavy atom. The largest absolute Gasteiger partial charge is 0.322 e. The molecule has 0 saturated heterocycles. The molecule has 0 unspecified atom stereocenters. The van der Waals surface area contributed by atoms with Crippen LogP contribution in [0.3, 0.4) is 0 Å². The molecule has 21 heavy (non-hydrogen) atoms. The van der Waals surface area contributed by atoms with Gasteiger partial charge in [0.15, 0.2) is 9.84 Å². The highest BCUT2D eigenvalue weighted by Gasteiger charge is 2.13. The van der Waals surface area contributed by atoms with Crippen molar-refractivity contribution in [3.05, 3.63) is 59.4 Å². The molecule has 0 radical (unpaired) electrons. The standard InChI is InChI=1S/C15H14FNO3S/c1-10-6-7-13(14(16)8-10)15(18)17-11-4-3-5-12(9-11)21(2,19)20/h3-9H,1-2H3,(H,17,18). The van der Waals surface area contributed by atoms with E-state index < -0.39 is 21.6 Å². The Labute approximate surface area is 122 Å². The number of halogens is 1. The third kappa shape index (κ3) is 3.66. The lowest BCUT2D eigenvalue weighted by Gasteiger charge is -2.08. The predicted molar refractivity (Wildman–Crippen MR) is 78.6 cm³/mol. The van der Waals surface area contributed by atoms with Gasteiger partial charge in [-0.1, -0.05) is 12.1 Å². The first-order chi connectivity index (χ1) is 9.77. The minimum Gasteiger partial charge on any atom is -0.322 e. The van der Waals surface area contributed by atoms with Gasteiger partial charge < -0.3 is 5.32 Å². The van der Waals surface area contributed by atoms with Crippen molar-refractivity contribution in [3.8, 4) is 0 Å². The summed E-state index contributed by atoms with van der Waals surface area (Å²) in [7, 11) is -3.36. The van der Waals surface area contributed by atoms with Gasteiger partial charge in [0.1, 0.15) is 5.82 Å².